The molecule has 0 bridgehead atoms. The maximum atomic E-state index is 12.4. The predicted molar refractivity (Wildman–Crippen MR) is 137 cm³/mol. The number of nitrogens with one attached hydrogen (secondary N) is 1. The largest absolute Gasteiger partial charge is 0.496 e. The molecule has 2 aromatic carbocycles. The summed E-state index contributed by atoms with van der Waals surface area (Å²) in [6.07, 6.45) is 2.96. The Morgan fingerprint density at radius 2 is 1.86 bits per heavy atom. The van der Waals surface area contributed by atoms with E-state index in [-0.39, 0.29) is 11.6 Å². The number of hydrogen-bond acceptors (Lipinski definition) is 7. The van der Waals surface area contributed by atoms with Crippen LogP contribution in [0, 0.1) is 10.1 Å². The van der Waals surface area contributed by atoms with Crippen LogP contribution in [0.4, 0.5) is 11.4 Å². The number of ether oxygens (including phenoxy) is 1. The second-order valence-corrected chi connectivity index (χ2v) is 8.17. The Bertz CT molecular complexity index is 1250. The first kappa shape index (κ1) is 24.0. The number of benzene rings is 2. The monoisotopic (exact) mass is 492 g/mol. The molecule has 1 N–H and O–H groups in total. The summed E-state index contributed by atoms with van der Waals surface area (Å²) in [5.74, 6) is 1.35. The SMILES string of the molecule is COc1ccc(N2CCN(C(=S)NC(=O)/C=C/c3ccc(-c4ccccc4)o3)CC2)c([N+](=O)[O-])c1. The van der Waals surface area contributed by atoms with E-state index in [1.807, 2.05) is 46.2 Å². The zero-order chi connectivity index (χ0) is 24.8. The van der Waals surface area contributed by atoms with Crippen molar-refractivity contribution < 1.29 is 18.9 Å². The van der Waals surface area contributed by atoms with Crippen molar-refractivity contribution >= 4 is 40.7 Å². The Morgan fingerprint density at radius 1 is 1.11 bits per heavy atom. The molecule has 1 aromatic heterocycles. The molecular weight excluding hydrogens is 468 g/mol. The van der Waals surface area contributed by atoms with Crippen LogP contribution in [0.3, 0.4) is 0 Å². The number of thiocarbonyl (C=S) groups is 1. The first-order valence-corrected chi connectivity index (χ1v) is 11.4. The number of piperazine rings is 1. The van der Waals surface area contributed by atoms with E-state index in [9.17, 15) is 14.9 Å². The maximum absolute atomic E-state index is 12.4. The highest BCUT2D eigenvalue weighted by Crippen LogP contribution is 2.32. The molecule has 0 atom stereocenters. The van der Waals surface area contributed by atoms with E-state index < -0.39 is 4.92 Å². The summed E-state index contributed by atoms with van der Waals surface area (Å²) in [6.45, 7) is 2.08. The third-order valence-electron chi connectivity index (χ3n) is 5.60. The molecule has 1 aliphatic rings. The maximum Gasteiger partial charge on any atom is 0.296 e. The average molecular weight is 493 g/mol. The van der Waals surface area contributed by atoms with Crippen LogP contribution in [-0.4, -0.2) is 54.1 Å². The molecule has 180 valence electrons. The van der Waals surface area contributed by atoms with E-state index in [0.717, 1.165) is 11.3 Å². The Kier molecular flexibility index (Phi) is 7.41. The summed E-state index contributed by atoms with van der Waals surface area (Å²) in [4.78, 5) is 27.2. The number of nitro benzene ring substituents is 1. The Morgan fingerprint density at radius 3 is 2.54 bits per heavy atom. The van der Waals surface area contributed by atoms with Gasteiger partial charge in [0.25, 0.3) is 5.69 Å². The Hall–Kier alpha value is -4.18. The number of furan rings is 1. The third-order valence-corrected chi connectivity index (χ3v) is 5.96. The summed E-state index contributed by atoms with van der Waals surface area (Å²) >= 11 is 5.40. The van der Waals surface area contributed by atoms with Crippen molar-refractivity contribution in [3.8, 4) is 17.1 Å². The number of rotatable bonds is 6. The molecular formula is C25H24N4O5S. The van der Waals surface area contributed by atoms with Crippen LogP contribution in [-0.2, 0) is 4.79 Å². The van der Waals surface area contributed by atoms with Gasteiger partial charge in [-0.15, -0.1) is 0 Å². The zero-order valence-electron chi connectivity index (χ0n) is 19.0. The van der Waals surface area contributed by atoms with Crippen molar-refractivity contribution in [2.45, 2.75) is 0 Å². The lowest BCUT2D eigenvalue weighted by atomic mass is 10.2. The minimum absolute atomic E-state index is 0.00726. The van der Waals surface area contributed by atoms with Gasteiger partial charge in [0.2, 0.25) is 5.91 Å². The normalized spacial score (nSPS) is 13.6. The van der Waals surface area contributed by atoms with Gasteiger partial charge in [0.1, 0.15) is 23.0 Å². The van der Waals surface area contributed by atoms with Crippen molar-refractivity contribution in [2.75, 3.05) is 38.2 Å². The summed E-state index contributed by atoms with van der Waals surface area (Å²) in [5.41, 5.74) is 1.48. The molecule has 0 unspecified atom stereocenters. The number of methoxy groups -OCH3 is 1. The predicted octanol–water partition coefficient (Wildman–Crippen LogP) is 4.10. The first-order chi connectivity index (χ1) is 16.9. The summed E-state index contributed by atoms with van der Waals surface area (Å²) in [6, 6.07) is 18.1. The molecule has 0 aliphatic carbocycles. The molecule has 3 aromatic rings. The van der Waals surface area contributed by atoms with Crippen molar-refractivity contribution in [1.29, 1.82) is 0 Å². The van der Waals surface area contributed by atoms with Crippen LogP contribution in [0.5, 0.6) is 5.75 Å². The topological polar surface area (TPSA) is 101 Å². The van der Waals surface area contributed by atoms with Crippen molar-refractivity contribution in [3.63, 3.8) is 0 Å². The number of nitro groups is 1. The van der Waals surface area contributed by atoms with E-state index in [2.05, 4.69) is 5.32 Å². The highest BCUT2D eigenvalue weighted by Gasteiger charge is 2.25. The van der Waals surface area contributed by atoms with Crippen LogP contribution in [0.15, 0.2) is 71.2 Å². The van der Waals surface area contributed by atoms with E-state index in [1.54, 1.807) is 24.3 Å². The molecule has 9 nitrogen and oxygen atoms in total. The van der Waals surface area contributed by atoms with E-state index in [1.165, 1.54) is 19.3 Å². The van der Waals surface area contributed by atoms with Crippen LogP contribution in [0.1, 0.15) is 5.76 Å². The zero-order valence-corrected chi connectivity index (χ0v) is 19.9. The first-order valence-electron chi connectivity index (χ1n) is 10.9. The molecule has 1 aliphatic heterocycles. The van der Waals surface area contributed by atoms with Gasteiger partial charge in [-0.1, -0.05) is 30.3 Å². The number of hydrogen-bond donors (Lipinski definition) is 1. The highest BCUT2D eigenvalue weighted by molar-refractivity contribution is 7.80. The minimum Gasteiger partial charge on any atom is -0.496 e. The number of amides is 1. The van der Waals surface area contributed by atoms with Crippen LogP contribution >= 0.6 is 12.2 Å². The fraction of sp³-hybridized carbons (Fsp3) is 0.200. The molecule has 35 heavy (non-hydrogen) atoms. The van der Waals surface area contributed by atoms with Crippen LogP contribution in [0.25, 0.3) is 17.4 Å². The van der Waals surface area contributed by atoms with Gasteiger partial charge in [0.15, 0.2) is 5.11 Å². The standard InChI is InChI=1S/C25H24N4O5S/c1-33-20-7-10-21(22(17-20)29(31)32)27-13-15-28(16-14-27)25(35)26-24(30)12-9-19-8-11-23(34-19)18-5-3-2-4-6-18/h2-12,17H,13-16H2,1H3,(H,26,30,35)/b12-9+. The molecule has 4 rings (SSSR count). The van der Waals surface area contributed by atoms with Crippen molar-refractivity contribution in [2.24, 2.45) is 0 Å². The lowest BCUT2D eigenvalue weighted by Crippen LogP contribution is -2.52. The van der Waals surface area contributed by atoms with Gasteiger partial charge in [0.05, 0.1) is 18.1 Å². The second-order valence-electron chi connectivity index (χ2n) is 7.78. The number of nitrogens with zero attached hydrogens (tertiary/aromatic N) is 3. The smallest absolute Gasteiger partial charge is 0.296 e. The molecule has 1 fully saturated rings. The fourth-order valence-electron chi connectivity index (χ4n) is 3.78. The minimum atomic E-state index is -0.413. The lowest BCUT2D eigenvalue weighted by Gasteiger charge is -2.36. The second kappa shape index (κ2) is 10.8. The van der Waals surface area contributed by atoms with Gasteiger partial charge in [-0.2, -0.15) is 0 Å². The molecule has 1 amide bonds. The molecule has 10 heteroatoms. The van der Waals surface area contributed by atoms with E-state index >= 15 is 0 Å². The Balaban J connectivity index is 1.30. The van der Waals surface area contributed by atoms with Gasteiger partial charge < -0.3 is 19.0 Å². The molecule has 2 heterocycles. The average Bonchev–Trinajstić information content (AvgIpc) is 3.37. The van der Waals surface area contributed by atoms with Crippen molar-refractivity contribution in [3.05, 3.63) is 82.6 Å². The third kappa shape index (κ3) is 5.85. The summed E-state index contributed by atoms with van der Waals surface area (Å²) in [7, 11) is 1.47. The van der Waals surface area contributed by atoms with Gasteiger partial charge in [-0.3, -0.25) is 20.2 Å². The molecule has 0 spiro atoms. The Labute approximate surface area is 207 Å². The quantitative estimate of drug-likeness (QED) is 0.238. The number of anilines is 1. The summed E-state index contributed by atoms with van der Waals surface area (Å²) in [5, 5.41) is 14.5. The van der Waals surface area contributed by atoms with Gasteiger partial charge >= 0.3 is 0 Å². The summed E-state index contributed by atoms with van der Waals surface area (Å²) < 4.78 is 10.9. The van der Waals surface area contributed by atoms with Crippen molar-refractivity contribution in [1.82, 2.24) is 10.2 Å². The van der Waals surface area contributed by atoms with Crippen LogP contribution < -0.4 is 15.0 Å². The molecule has 0 radical (unpaired) electrons. The van der Waals surface area contributed by atoms with E-state index in [4.69, 9.17) is 21.4 Å². The number of carbonyl (C=O) groups excluding carboxylic acids is 1. The molecule has 1 saturated heterocycles. The lowest BCUT2D eigenvalue weighted by molar-refractivity contribution is -0.384. The van der Waals surface area contributed by atoms with Gasteiger partial charge in [-0.25, -0.2) is 0 Å². The molecule has 0 saturated carbocycles. The highest BCUT2D eigenvalue weighted by atomic mass is 32.1. The van der Waals surface area contributed by atoms with Gasteiger partial charge in [0, 0.05) is 37.8 Å². The van der Waals surface area contributed by atoms with Crippen LogP contribution in [0.2, 0.25) is 0 Å². The fourth-order valence-corrected chi connectivity index (χ4v) is 4.06. The van der Waals surface area contributed by atoms with Gasteiger partial charge in [-0.05, 0) is 42.6 Å². The van der Waals surface area contributed by atoms with E-state index in [0.29, 0.717) is 48.5 Å². The number of carbonyl (C=O) groups is 1.